The predicted molar refractivity (Wildman–Crippen MR) is 111 cm³/mol. The zero-order valence-electron chi connectivity index (χ0n) is 15.8. The quantitative estimate of drug-likeness (QED) is 0.695. The third-order valence-electron chi connectivity index (χ3n) is 5.31. The molecule has 1 aromatic rings. The Hall–Kier alpha value is -1.01. The van der Waals surface area contributed by atoms with Gasteiger partial charge in [-0.25, -0.2) is 0 Å². The molecule has 2 N–H and O–H groups in total. The maximum absolute atomic E-state index is 12.5. The molecule has 7 heteroatoms. The number of amides is 1. The Balaban J connectivity index is 0.00000261. The Morgan fingerprint density at radius 3 is 2.96 bits per heavy atom. The third-order valence-corrected chi connectivity index (χ3v) is 5.55. The van der Waals surface area contributed by atoms with Crippen LogP contribution in [-0.2, 0) is 9.53 Å². The summed E-state index contributed by atoms with van der Waals surface area (Å²) in [5.74, 6) is 1.56. The summed E-state index contributed by atoms with van der Waals surface area (Å²) < 4.78 is 11.5. The monoisotopic (exact) mass is 416 g/mol. The van der Waals surface area contributed by atoms with Gasteiger partial charge in [-0.05, 0) is 68.8 Å². The van der Waals surface area contributed by atoms with Crippen LogP contribution in [-0.4, -0.2) is 38.3 Å². The highest BCUT2D eigenvalue weighted by atomic mass is 35.5. The number of halogens is 2. The lowest BCUT2D eigenvalue weighted by Gasteiger charge is -2.28. The topological polar surface area (TPSA) is 59.6 Å². The van der Waals surface area contributed by atoms with Gasteiger partial charge in [0.1, 0.15) is 12.4 Å². The fourth-order valence-corrected chi connectivity index (χ4v) is 3.88. The molecule has 2 aliphatic rings. The van der Waals surface area contributed by atoms with Gasteiger partial charge in [-0.2, -0.15) is 0 Å². The van der Waals surface area contributed by atoms with Crippen molar-refractivity contribution in [2.45, 2.75) is 45.1 Å². The van der Waals surface area contributed by atoms with Crippen LogP contribution >= 0.6 is 24.0 Å². The number of piperidine rings is 1. The van der Waals surface area contributed by atoms with E-state index in [0.717, 1.165) is 32.5 Å². The van der Waals surface area contributed by atoms with E-state index < -0.39 is 0 Å². The molecule has 1 aromatic carbocycles. The minimum absolute atomic E-state index is 0. The van der Waals surface area contributed by atoms with Crippen molar-refractivity contribution in [1.29, 1.82) is 0 Å². The second-order valence-electron chi connectivity index (χ2n) is 7.42. The molecule has 3 rings (SSSR count). The molecule has 0 aromatic heterocycles. The van der Waals surface area contributed by atoms with Crippen LogP contribution < -0.4 is 15.4 Å². The van der Waals surface area contributed by atoms with Gasteiger partial charge in [0.2, 0.25) is 5.91 Å². The third kappa shape index (κ3) is 6.83. The van der Waals surface area contributed by atoms with E-state index in [1.54, 1.807) is 18.2 Å². The largest absolute Gasteiger partial charge is 0.489 e. The van der Waals surface area contributed by atoms with Gasteiger partial charge in [0.05, 0.1) is 11.8 Å². The molecule has 0 radical (unpaired) electrons. The summed E-state index contributed by atoms with van der Waals surface area (Å²) in [6.45, 7) is 5.54. The number of rotatable bonds is 7. The van der Waals surface area contributed by atoms with Gasteiger partial charge < -0.3 is 20.1 Å². The summed E-state index contributed by atoms with van der Waals surface area (Å²) in [5.41, 5.74) is 0.634. The molecule has 2 fully saturated rings. The highest BCUT2D eigenvalue weighted by Crippen LogP contribution is 2.30. The molecule has 2 heterocycles. The van der Waals surface area contributed by atoms with Crippen molar-refractivity contribution in [2.75, 3.05) is 31.6 Å². The Bertz CT molecular complexity index is 603. The first-order valence-corrected chi connectivity index (χ1v) is 10.0. The fourth-order valence-electron chi connectivity index (χ4n) is 3.71. The maximum Gasteiger partial charge on any atom is 0.224 e. The fraction of sp³-hybridized carbons (Fsp3) is 0.650. The van der Waals surface area contributed by atoms with Gasteiger partial charge in [0.15, 0.2) is 0 Å². The summed E-state index contributed by atoms with van der Waals surface area (Å²) in [6, 6.07) is 5.33. The average molecular weight is 417 g/mol. The van der Waals surface area contributed by atoms with Gasteiger partial charge in [-0.3, -0.25) is 4.79 Å². The number of hydrogen-bond acceptors (Lipinski definition) is 4. The van der Waals surface area contributed by atoms with Gasteiger partial charge in [0.25, 0.3) is 0 Å². The molecule has 0 aliphatic carbocycles. The minimum atomic E-state index is 0. The number of ether oxygens (including phenoxy) is 2. The Labute approximate surface area is 172 Å². The molecule has 2 saturated heterocycles. The van der Waals surface area contributed by atoms with E-state index in [0.29, 0.717) is 41.3 Å². The van der Waals surface area contributed by atoms with Gasteiger partial charge in [-0.1, -0.05) is 18.5 Å². The molecule has 1 amide bonds. The number of anilines is 1. The lowest BCUT2D eigenvalue weighted by Crippen LogP contribution is -2.34. The molecule has 0 spiro atoms. The average Bonchev–Trinajstić information content (AvgIpc) is 3.15. The van der Waals surface area contributed by atoms with Crippen molar-refractivity contribution in [2.24, 2.45) is 11.8 Å². The van der Waals surface area contributed by atoms with Gasteiger partial charge >= 0.3 is 0 Å². The predicted octanol–water partition coefficient (Wildman–Crippen LogP) is 4.28. The van der Waals surface area contributed by atoms with E-state index in [2.05, 4.69) is 17.6 Å². The van der Waals surface area contributed by atoms with E-state index in [4.69, 9.17) is 21.1 Å². The highest BCUT2D eigenvalue weighted by Gasteiger charge is 2.23. The van der Waals surface area contributed by atoms with E-state index in [1.165, 1.54) is 12.8 Å². The first-order valence-electron chi connectivity index (χ1n) is 9.66. The molecule has 5 nitrogen and oxygen atoms in total. The number of carbonyl (C=O) groups excluding carboxylic acids is 1. The molecular formula is C20H30Cl2N2O3. The van der Waals surface area contributed by atoms with E-state index in [1.807, 2.05) is 0 Å². The molecule has 2 aliphatic heterocycles. The molecule has 27 heavy (non-hydrogen) atoms. The maximum atomic E-state index is 12.5. The lowest BCUT2D eigenvalue weighted by atomic mass is 9.85. The molecule has 0 saturated carbocycles. The van der Waals surface area contributed by atoms with Crippen LogP contribution in [0.2, 0.25) is 5.02 Å². The normalized spacial score (nSPS) is 23.3. The SMILES string of the molecule is CC(CC(=O)Nc1cc(Cl)ccc1OCC1CCCO1)C1CCCNC1.Cl. The standard InChI is InChI=1S/C20H29ClN2O3.ClH/c1-14(15-4-2-8-22-12-15)10-20(24)23-18-11-16(21)6-7-19(18)26-13-17-5-3-9-25-17;/h6-7,11,14-15,17,22H,2-5,8-10,12-13H2,1H3,(H,23,24);1H. The van der Waals surface area contributed by atoms with E-state index in [-0.39, 0.29) is 24.4 Å². The Morgan fingerprint density at radius 1 is 1.41 bits per heavy atom. The van der Waals surface area contributed by atoms with Gasteiger partial charge in [0, 0.05) is 18.1 Å². The minimum Gasteiger partial charge on any atom is -0.489 e. The van der Waals surface area contributed by atoms with Crippen LogP contribution in [0.15, 0.2) is 18.2 Å². The summed E-state index contributed by atoms with van der Waals surface area (Å²) in [6.07, 6.45) is 5.10. The molecule has 3 atom stereocenters. The summed E-state index contributed by atoms with van der Waals surface area (Å²) in [5, 5.41) is 6.98. The summed E-state index contributed by atoms with van der Waals surface area (Å²) in [7, 11) is 0. The van der Waals surface area contributed by atoms with Crippen LogP contribution in [0.4, 0.5) is 5.69 Å². The smallest absolute Gasteiger partial charge is 0.224 e. The number of hydrogen-bond donors (Lipinski definition) is 2. The van der Waals surface area contributed by atoms with E-state index in [9.17, 15) is 4.79 Å². The van der Waals surface area contributed by atoms with Crippen LogP contribution in [0.3, 0.4) is 0 Å². The van der Waals surface area contributed by atoms with Crippen molar-refractivity contribution >= 4 is 35.6 Å². The van der Waals surface area contributed by atoms with Crippen LogP contribution in [0.25, 0.3) is 0 Å². The summed E-state index contributed by atoms with van der Waals surface area (Å²) in [4.78, 5) is 12.5. The van der Waals surface area contributed by atoms with E-state index >= 15 is 0 Å². The van der Waals surface area contributed by atoms with Crippen molar-refractivity contribution in [3.8, 4) is 5.75 Å². The van der Waals surface area contributed by atoms with Crippen molar-refractivity contribution in [3.05, 3.63) is 23.2 Å². The van der Waals surface area contributed by atoms with Crippen molar-refractivity contribution in [1.82, 2.24) is 5.32 Å². The molecule has 0 bridgehead atoms. The molecule has 3 unspecified atom stereocenters. The highest BCUT2D eigenvalue weighted by molar-refractivity contribution is 6.31. The Kier molecular flexibility index (Phi) is 9.16. The van der Waals surface area contributed by atoms with Crippen molar-refractivity contribution < 1.29 is 14.3 Å². The van der Waals surface area contributed by atoms with Crippen molar-refractivity contribution in [3.63, 3.8) is 0 Å². The van der Waals surface area contributed by atoms with Crippen LogP contribution in [0.1, 0.15) is 39.0 Å². The zero-order valence-corrected chi connectivity index (χ0v) is 17.4. The van der Waals surface area contributed by atoms with Gasteiger partial charge in [-0.15, -0.1) is 12.4 Å². The second-order valence-corrected chi connectivity index (χ2v) is 7.86. The van der Waals surface area contributed by atoms with Crippen LogP contribution in [0.5, 0.6) is 5.75 Å². The lowest BCUT2D eigenvalue weighted by molar-refractivity contribution is -0.117. The molecular weight excluding hydrogens is 387 g/mol. The first-order chi connectivity index (χ1) is 12.6. The number of nitrogens with one attached hydrogen (secondary N) is 2. The number of benzene rings is 1. The molecule has 152 valence electrons. The zero-order chi connectivity index (χ0) is 18.4. The Morgan fingerprint density at radius 2 is 2.26 bits per heavy atom. The summed E-state index contributed by atoms with van der Waals surface area (Å²) >= 11 is 6.12. The first kappa shape index (κ1) is 22.3. The second kappa shape index (κ2) is 11.1. The number of carbonyl (C=O) groups is 1. The van der Waals surface area contributed by atoms with Crippen LogP contribution in [0, 0.1) is 11.8 Å².